The summed E-state index contributed by atoms with van der Waals surface area (Å²) in [6, 6.07) is 12.9. The first-order valence-electron chi connectivity index (χ1n) is 8.07. The van der Waals surface area contributed by atoms with Crippen LogP contribution in [-0.4, -0.2) is 22.2 Å². The lowest BCUT2D eigenvalue weighted by molar-refractivity contribution is -0.122. The molecule has 0 aliphatic heterocycles. The lowest BCUT2D eigenvalue weighted by Crippen LogP contribution is -2.30. The summed E-state index contributed by atoms with van der Waals surface area (Å²) in [6.45, 7) is 5.48. The summed E-state index contributed by atoms with van der Waals surface area (Å²) in [7, 11) is 0. The second-order valence-corrected chi connectivity index (χ2v) is 6.36. The van der Waals surface area contributed by atoms with E-state index in [1.807, 2.05) is 38.1 Å². The molecule has 3 rings (SSSR count). The number of aryl methyl sites for hydroxylation is 2. The van der Waals surface area contributed by atoms with Gasteiger partial charge < -0.3 is 9.26 Å². The van der Waals surface area contributed by atoms with Crippen LogP contribution in [0.2, 0.25) is 5.02 Å². The van der Waals surface area contributed by atoms with Gasteiger partial charge in [0.2, 0.25) is 0 Å². The largest absolute Gasteiger partial charge is 0.481 e. The quantitative estimate of drug-likeness (QED) is 0.718. The molecule has 0 saturated heterocycles. The number of nitrogens with one attached hydrogen (secondary N) is 1. The molecule has 26 heavy (non-hydrogen) atoms. The maximum atomic E-state index is 12.3. The highest BCUT2D eigenvalue weighted by Crippen LogP contribution is 2.22. The normalized spacial score (nSPS) is 11.8. The van der Waals surface area contributed by atoms with E-state index >= 15 is 0 Å². The Kier molecular flexibility index (Phi) is 5.23. The zero-order chi connectivity index (χ0) is 18.7. The van der Waals surface area contributed by atoms with Gasteiger partial charge in [0.05, 0.1) is 0 Å². The van der Waals surface area contributed by atoms with Gasteiger partial charge in [0, 0.05) is 10.6 Å². The standard InChI is InChI=1S/C19H18ClN3O3/c1-11-5-4-6-14(9-11)18-22-19(23-26-18)21-17(24)13(3)25-15-7-8-16(20)12(2)10-15/h4-10,13H,1-3H3,(H,21,23,24)/t13-/m0/s1. The van der Waals surface area contributed by atoms with Crippen molar-refractivity contribution in [1.29, 1.82) is 0 Å². The molecule has 2 aromatic carbocycles. The van der Waals surface area contributed by atoms with Crippen LogP contribution in [0.3, 0.4) is 0 Å². The fourth-order valence-electron chi connectivity index (χ4n) is 2.33. The Morgan fingerprint density at radius 1 is 1.23 bits per heavy atom. The number of carbonyl (C=O) groups excluding carboxylic acids is 1. The maximum absolute atomic E-state index is 12.3. The molecule has 0 unspecified atom stereocenters. The van der Waals surface area contributed by atoms with E-state index in [1.165, 1.54) is 0 Å². The lowest BCUT2D eigenvalue weighted by Gasteiger charge is -2.14. The monoisotopic (exact) mass is 371 g/mol. The molecule has 0 bridgehead atoms. The van der Waals surface area contributed by atoms with Gasteiger partial charge in [0.15, 0.2) is 6.10 Å². The van der Waals surface area contributed by atoms with Crippen LogP contribution in [-0.2, 0) is 4.79 Å². The Hall–Kier alpha value is -2.86. The zero-order valence-corrected chi connectivity index (χ0v) is 15.4. The third kappa shape index (κ3) is 4.21. The highest BCUT2D eigenvalue weighted by Gasteiger charge is 2.18. The van der Waals surface area contributed by atoms with Crippen LogP contribution in [0.25, 0.3) is 11.5 Å². The molecule has 0 spiro atoms. The molecule has 3 aromatic rings. The van der Waals surface area contributed by atoms with Gasteiger partial charge in [-0.25, -0.2) is 0 Å². The van der Waals surface area contributed by atoms with E-state index in [2.05, 4.69) is 15.5 Å². The summed E-state index contributed by atoms with van der Waals surface area (Å²) in [5.74, 6) is 0.609. The van der Waals surface area contributed by atoms with Crippen LogP contribution < -0.4 is 10.1 Å². The highest BCUT2D eigenvalue weighted by atomic mass is 35.5. The van der Waals surface area contributed by atoms with E-state index in [0.29, 0.717) is 16.7 Å². The van der Waals surface area contributed by atoms with E-state index in [4.69, 9.17) is 20.9 Å². The predicted molar refractivity (Wildman–Crippen MR) is 99.4 cm³/mol. The predicted octanol–water partition coefficient (Wildman–Crippen LogP) is 4.41. The fourth-order valence-corrected chi connectivity index (χ4v) is 2.45. The van der Waals surface area contributed by atoms with E-state index in [1.54, 1.807) is 25.1 Å². The number of anilines is 1. The third-order valence-electron chi connectivity index (χ3n) is 3.74. The van der Waals surface area contributed by atoms with Crippen molar-refractivity contribution < 1.29 is 14.1 Å². The molecule has 0 fully saturated rings. The number of ether oxygens (including phenoxy) is 1. The van der Waals surface area contributed by atoms with Crippen LogP contribution in [0.4, 0.5) is 5.95 Å². The molecule has 1 atom stereocenters. The average molecular weight is 372 g/mol. The molecule has 134 valence electrons. The summed E-state index contributed by atoms with van der Waals surface area (Å²) in [4.78, 5) is 16.5. The summed E-state index contributed by atoms with van der Waals surface area (Å²) in [6.07, 6.45) is -0.739. The van der Waals surface area contributed by atoms with Gasteiger partial charge >= 0.3 is 0 Å². The Morgan fingerprint density at radius 2 is 2.04 bits per heavy atom. The molecule has 6 nitrogen and oxygen atoms in total. The first-order chi connectivity index (χ1) is 12.4. The van der Waals surface area contributed by atoms with E-state index in [0.717, 1.165) is 16.7 Å². The first-order valence-corrected chi connectivity index (χ1v) is 8.44. The number of halogens is 1. The number of hydrogen-bond acceptors (Lipinski definition) is 5. The van der Waals surface area contributed by atoms with Crippen LogP contribution >= 0.6 is 11.6 Å². The third-order valence-corrected chi connectivity index (χ3v) is 4.16. The van der Waals surface area contributed by atoms with E-state index in [9.17, 15) is 4.79 Å². The van der Waals surface area contributed by atoms with Crippen LogP contribution in [0.15, 0.2) is 47.0 Å². The molecule has 1 heterocycles. The van der Waals surface area contributed by atoms with Crippen molar-refractivity contribution in [3.8, 4) is 17.2 Å². The Labute approximate surface area is 156 Å². The van der Waals surface area contributed by atoms with Crippen molar-refractivity contribution in [3.63, 3.8) is 0 Å². The number of aromatic nitrogens is 2. The zero-order valence-electron chi connectivity index (χ0n) is 14.6. The summed E-state index contributed by atoms with van der Waals surface area (Å²) >= 11 is 5.99. The second kappa shape index (κ2) is 7.58. The SMILES string of the molecule is Cc1cccc(-c2nc(NC(=O)[C@H](C)Oc3ccc(Cl)c(C)c3)no2)c1. The van der Waals surface area contributed by atoms with Gasteiger partial charge in [-0.2, -0.15) is 4.98 Å². The minimum atomic E-state index is -0.739. The number of rotatable bonds is 5. The number of nitrogens with zero attached hydrogens (tertiary/aromatic N) is 2. The first kappa shape index (κ1) is 17.9. The van der Waals surface area contributed by atoms with Gasteiger partial charge in [0.1, 0.15) is 5.75 Å². The lowest BCUT2D eigenvalue weighted by atomic mass is 10.1. The van der Waals surface area contributed by atoms with Gasteiger partial charge in [-0.3, -0.25) is 10.1 Å². The minimum absolute atomic E-state index is 0.0919. The molecule has 1 amide bonds. The van der Waals surface area contributed by atoms with E-state index < -0.39 is 6.10 Å². The minimum Gasteiger partial charge on any atom is -0.481 e. The number of carbonyl (C=O) groups is 1. The summed E-state index contributed by atoms with van der Waals surface area (Å²) in [5, 5.41) is 7.02. The smallest absolute Gasteiger partial charge is 0.270 e. The number of amides is 1. The van der Waals surface area contributed by atoms with Crippen molar-refractivity contribution >= 4 is 23.5 Å². The van der Waals surface area contributed by atoms with Crippen molar-refractivity contribution in [2.75, 3.05) is 5.32 Å². The Morgan fingerprint density at radius 3 is 2.77 bits per heavy atom. The van der Waals surface area contributed by atoms with Crippen molar-refractivity contribution in [3.05, 3.63) is 58.6 Å². The van der Waals surface area contributed by atoms with Gasteiger partial charge in [-0.15, -0.1) is 0 Å². The van der Waals surface area contributed by atoms with Crippen LogP contribution in [0.5, 0.6) is 5.75 Å². The Bertz CT molecular complexity index is 939. The average Bonchev–Trinajstić information content (AvgIpc) is 3.06. The molecular weight excluding hydrogens is 354 g/mol. The fraction of sp³-hybridized carbons (Fsp3) is 0.211. The summed E-state index contributed by atoms with van der Waals surface area (Å²) in [5.41, 5.74) is 2.74. The molecule has 0 aliphatic rings. The molecular formula is C19H18ClN3O3. The van der Waals surface area contributed by atoms with Crippen molar-refractivity contribution in [1.82, 2.24) is 10.1 Å². The maximum Gasteiger partial charge on any atom is 0.270 e. The second-order valence-electron chi connectivity index (χ2n) is 5.95. The van der Waals surface area contributed by atoms with Gasteiger partial charge in [0.25, 0.3) is 17.7 Å². The molecule has 1 aromatic heterocycles. The summed E-state index contributed by atoms with van der Waals surface area (Å²) < 4.78 is 10.8. The van der Waals surface area contributed by atoms with E-state index in [-0.39, 0.29) is 11.9 Å². The number of benzene rings is 2. The number of hydrogen-bond donors (Lipinski definition) is 1. The molecule has 0 saturated carbocycles. The molecule has 7 heteroatoms. The molecule has 0 radical (unpaired) electrons. The van der Waals surface area contributed by atoms with Gasteiger partial charge in [-0.05, 0) is 61.8 Å². The highest BCUT2D eigenvalue weighted by molar-refractivity contribution is 6.31. The topological polar surface area (TPSA) is 77.2 Å². The molecule has 1 N–H and O–H groups in total. The van der Waals surface area contributed by atoms with Crippen LogP contribution in [0.1, 0.15) is 18.1 Å². The van der Waals surface area contributed by atoms with Gasteiger partial charge in [-0.1, -0.05) is 29.3 Å². The van der Waals surface area contributed by atoms with Crippen molar-refractivity contribution in [2.24, 2.45) is 0 Å². The molecule has 0 aliphatic carbocycles. The van der Waals surface area contributed by atoms with Crippen LogP contribution in [0, 0.1) is 13.8 Å². The van der Waals surface area contributed by atoms with Crippen molar-refractivity contribution in [2.45, 2.75) is 26.9 Å². The Balaban J connectivity index is 1.65.